The van der Waals surface area contributed by atoms with Gasteiger partial charge >= 0.3 is 12.3 Å². The zero-order valence-electron chi connectivity index (χ0n) is 14.3. The second-order valence-corrected chi connectivity index (χ2v) is 5.62. The third-order valence-corrected chi connectivity index (χ3v) is 3.52. The van der Waals surface area contributed by atoms with Crippen molar-refractivity contribution in [3.8, 4) is 17.2 Å². The van der Waals surface area contributed by atoms with Gasteiger partial charge in [-0.1, -0.05) is 11.6 Å². The fourth-order valence-electron chi connectivity index (χ4n) is 2.01. The number of alkyl carbamates (subject to hydrolysis) is 1. The van der Waals surface area contributed by atoms with Gasteiger partial charge in [-0.15, -0.1) is 0 Å². The third kappa shape index (κ3) is 6.56. The highest BCUT2D eigenvalue weighted by molar-refractivity contribution is 6.32. The molecule has 0 saturated heterocycles. The van der Waals surface area contributed by atoms with E-state index in [-0.39, 0.29) is 30.5 Å². The van der Waals surface area contributed by atoms with E-state index in [9.17, 15) is 18.0 Å². The van der Waals surface area contributed by atoms with E-state index in [4.69, 9.17) is 25.8 Å². The van der Waals surface area contributed by atoms with Crippen LogP contribution in [0, 0.1) is 0 Å². The molecule has 0 bridgehead atoms. The first kappa shape index (κ1) is 20.7. The molecule has 0 saturated carbocycles. The summed E-state index contributed by atoms with van der Waals surface area (Å²) in [4.78, 5) is 11.1. The maximum atomic E-state index is 12.6. The van der Waals surface area contributed by atoms with Crippen LogP contribution in [0.1, 0.15) is 12.5 Å². The summed E-state index contributed by atoms with van der Waals surface area (Å²) in [6.07, 6.45) is -4.93. The molecule has 0 fully saturated rings. The zero-order chi connectivity index (χ0) is 19.9. The van der Waals surface area contributed by atoms with Crippen LogP contribution in [0.3, 0.4) is 0 Å². The van der Waals surface area contributed by atoms with Crippen molar-refractivity contribution in [1.82, 2.24) is 5.32 Å². The van der Waals surface area contributed by atoms with Crippen molar-refractivity contribution in [3.05, 3.63) is 53.1 Å². The number of hydrogen-bond acceptors (Lipinski definition) is 4. The Balaban J connectivity index is 1.89. The van der Waals surface area contributed by atoms with Gasteiger partial charge in [0.25, 0.3) is 0 Å². The summed E-state index contributed by atoms with van der Waals surface area (Å²) < 4.78 is 53.3. The Morgan fingerprint density at radius 1 is 1.11 bits per heavy atom. The van der Waals surface area contributed by atoms with Crippen molar-refractivity contribution >= 4 is 17.7 Å². The summed E-state index contributed by atoms with van der Waals surface area (Å²) in [6, 6.07) is 8.93. The van der Waals surface area contributed by atoms with Crippen LogP contribution in [0.5, 0.6) is 17.2 Å². The highest BCUT2D eigenvalue weighted by Crippen LogP contribution is 2.33. The Morgan fingerprint density at radius 2 is 1.78 bits per heavy atom. The van der Waals surface area contributed by atoms with Gasteiger partial charge in [-0.2, -0.15) is 13.2 Å². The van der Waals surface area contributed by atoms with E-state index in [1.54, 1.807) is 19.1 Å². The Hall–Kier alpha value is -2.61. The molecule has 1 N–H and O–H groups in total. The average molecular weight is 404 g/mol. The Labute approximate surface area is 159 Å². The monoisotopic (exact) mass is 403 g/mol. The van der Waals surface area contributed by atoms with Crippen LogP contribution >= 0.6 is 11.6 Å². The molecular weight excluding hydrogens is 387 g/mol. The third-order valence-electron chi connectivity index (χ3n) is 3.23. The molecule has 0 aliphatic rings. The number of hydrogen-bond donors (Lipinski definition) is 1. The molecule has 0 atom stereocenters. The van der Waals surface area contributed by atoms with Crippen molar-refractivity contribution < 1.29 is 32.2 Å². The van der Waals surface area contributed by atoms with Gasteiger partial charge in [-0.25, -0.2) is 4.79 Å². The number of amides is 1. The SMILES string of the molecule is CCOC(=O)NCCOc1ccc(Oc2ccc(C(F)(F)F)cc2)cc1Cl. The standard InChI is InChI=1S/C18H17ClF3NO4/c1-2-25-17(24)23-9-10-26-16-8-7-14(11-15(16)19)27-13-5-3-12(4-6-13)18(20,21)22/h3-8,11H,2,9-10H2,1H3,(H,23,24). The highest BCUT2D eigenvalue weighted by atomic mass is 35.5. The van der Waals surface area contributed by atoms with Crippen molar-refractivity contribution in [2.24, 2.45) is 0 Å². The van der Waals surface area contributed by atoms with Gasteiger partial charge in [0.05, 0.1) is 23.7 Å². The fourth-order valence-corrected chi connectivity index (χ4v) is 2.23. The molecule has 2 rings (SSSR count). The minimum absolute atomic E-state index is 0.178. The van der Waals surface area contributed by atoms with Gasteiger partial charge in [0, 0.05) is 6.07 Å². The molecule has 27 heavy (non-hydrogen) atoms. The first-order valence-electron chi connectivity index (χ1n) is 7.97. The minimum Gasteiger partial charge on any atom is -0.490 e. The maximum absolute atomic E-state index is 12.6. The number of ether oxygens (including phenoxy) is 3. The molecule has 0 aliphatic heterocycles. The molecule has 2 aromatic carbocycles. The van der Waals surface area contributed by atoms with Crippen LogP contribution in [-0.4, -0.2) is 25.9 Å². The number of benzene rings is 2. The van der Waals surface area contributed by atoms with Crippen LogP contribution in [0.4, 0.5) is 18.0 Å². The van der Waals surface area contributed by atoms with E-state index in [1.165, 1.54) is 18.2 Å². The summed E-state index contributed by atoms with van der Waals surface area (Å²) in [7, 11) is 0. The van der Waals surface area contributed by atoms with Gasteiger partial charge in [0.1, 0.15) is 23.9 Å². The van der Waals surface area contributed by atoms with E-state index >= 15 is 0 Å². The molecule has 0 aromatic heterocycles. The van der Waals surface area contributed by atoms with Gasteiger partial charge in [-0.3, -0.25) is 0 Å². The number of nitrogens with one attached hydrogen (secondary N) is 1. The minimum atomic E-state index is -4.40. The quantitative estimate of drug-likeness (QED) is 0.639. The fraction of sp³-hybridized carbons (Fsp3) is 0.278. The predicted octanol–water partition coefficient (Wildman–Crippen LogP) is 5.28. The lowest BCUT2D eigenvalue weighted by atomic mass is 10.2. The summed E-state index contributed by atoms with van der Waals surface area (Å²) >= 11 is 6.11. The van der Waals surface area contributed by atoms with Gasteiger partial charge in [-0.05, 0) is 43.3 Å². The number of carbonyl (C=O) groups excluding carboxylic acids is 1. The lowest BCUT2D eigenvalue weighted by molar-refractivity contribution is -0.137. The van der Waals surface area contributed by atoms with Crippen LogP contribution in [0.25, 0.3) is 0 Å². The number of alkyl halides is 3. The zero-order valence-corrected chi connectivity index (χ0v) is 15.1. The number of carbonyl (C=O) groups is 1. The lowest BCUT2D eigenvalue weighted by Crippen LogP contribution is -2.28. The summed E-state index contributed by atoms with van der Waals surface area (Å²) in [6.45, 7) is 2.39. The Morgan fingerprint density at radius 3 is 2.37 bits per heavy atom. The predicted molar refractivity (Wildman–Crippen MR) is 93.5 cm³/mol. The molecule has 0 unspecified atom stereocenters. The van der Waals surface area contributed by atoms with Crippen LogP contribution < -0.4 is 14.8 Å². The molecule has 0 aliphatic carbocycles. The Bertz CT molecular complexity index is 766. The van der Waals surface area contributed by atoms with Gasteiger partial charge in [0.15, 0.2) is 0 Å². The second kappa shape index (κ2) is 9.36. The first-order chi connectivity index (χ1) is 12.8. The van der Waals surface area contributed by atoms with Crippen molar-refractivity contribution in [3.63, 3.8) is 0 Å². The number of rotatable bonds is 7. The molecule has 0 heterocycles. The van der Waals surface area contributed by atoms with E-state index in [0.29, 0.717) is 11.5 Å². The Kier molecular flexibility index (Phi) is 7.18. The maximum Gasteiger partial charge on any atom is 0.416 e. The molecular formula is C18H17ClF3NO4. The molecule has 0 spiro atoms. The van der Waals surface area contributed by atoms with E-state index in [2.05, 4.69) is 5.32 Å². The van der Waals surface area contributed by atoms with Gasteiger partial charge < -0.3 is 19.5 Å². The lowest BCUT2D eigenvalue weighted by Gasteiger charge is -2.12. The molecule has 2 aromatic rings. The molecule has 1 amide bonds. The first-order valence-corrected chi connectivity index (χ1v) is 8.35. The number of halogens is 4. The smallest absolute Gasteiger partial charge is 0.416 e. The van der Waals surface area contributed by atoms with Crippen LogP contribution in [-0.2, 0) is 10.9 Å². The topological polar surface area (TPSA) is 56.8 Å². The summed E-state index contributed by atoms with van der Waals surface area (Å²) in [5, 5.41) is 2.76. The van der Waals surface area contributed by atoms with E-state index < -0.39 is 17.8 Å². The largest absolute Gasteiger partial charge is 0.490 e. The highest BCUT2D eigenvalue weighted by Gasteiger charge is 2.30. The summed E-state index contributed by atoms with van der Waals surface area (Å²) in [5.74, 6) is 0.963. The van der Waals surface area contributed by atoms with Crippen molar-refractivity contribution in [2.45, 2.75) is 13.1 Å². The molecule has 9 heteroatoms. The normalized spacial score (nSPS) is 11.0. The van der Waals surface area contributed by atoms with Crippen molar-refractivity contribution in [1.29, 1.82) is 0 Å². The summed E-state index contributed by atoms with van der Waals surface area (Å²) in [5.41, 5.74) is -0.756. The average Bonchev–Trinajstić information content (AvgIpc) is 2.60. The van der Waals surface area contributed by atoms with Crippen molar-refractivity contribution in [2.75, 3.05) is 19.8 Å². The van der Waals surface area contributed by atoms with E-state index in [0.717, 1.165) is 12.1 Å². The second-order valence-electron chi connectivity index (χ2n) is 5.21. The molecule has 146 valence electrons. The molecule has 5 nitrogen and oxygen atoms in total. The van der Waals surface area contributed by atoms with E-state index in [1.807, 2.05) is 0 Å². The molecule has 0 radical (unpaired) electrons. The van der Waals surface area contributed by atoms with Crippen LogP contribution in [0.2, 0.25) is 5.02 Å². The van der Waals surface area contributed by atoms with Gasteiger partial charge in [0.2, 0.25) is 0 Å². The van der Waals surface area contributed by atoms with Crippen LogP contribution in [0.15, 0.2) is 42.5 Å².